The van der Waals surface area contributed by atoms with Crippen LogP contribution in [0.4, 0.5) is 0 Å². The summed E-state index contributed by atoms with van der Waals surface area (Å²) in [5.41, 5.74) is 0. The summed E-state index contributed by atoms with van der Waals surface area (Å²) in [5.74, 6) is 0.210. The first kappa shape index (κ1) is 19.2. The number of carbonyl (C=O) groups is 1. The van der Waals surface area contributed by atoms with E-state index in [1.165, 1.54) is 18.0 Å². The third kappa shape index (κ3) is 5.46. The molecule has 24 heavy (non-hydrogen) atoms. The van der Waals surface area contributed by atoms with E-state index in [-0.39, 0.29) is 22.6 Å². The fourth-order valence-corrected chi connectivity index (χ4v) is 4.66. The molecular weight excluding hydrogens is 346 g/mol. The molecule has 0 saturated carbocycles. The van der Waals surface area contributed by atoms with Gasteiger partial charge >= 0.3 is 0 Å². The maximum Gasteiger partial charge on any atom is 0.244 e. The van der Waals surface area contributed by atoms with Crippen molar-refractivity contribution in [3.63, 3.8) is 0 Å². The van der Waals surface area contributed by atoms with Gasteiger partial charge in [-0.25, -0.2) is 13.4 Å². The number of amides is 1. The summed E-state index contributed by atoms with van der Waals surface area (Å²) >= 11 is 1.30. The lowest BCUT2D eigenvalue weighted by atomic mass is 10.2. The number of pyridine rings is 1. The minimum Gasteiger partial charge on any atom is -0.353 e. The van der Waals surface area contributed by atoms with Crippen molar-refractivity contribution in [1.29, 1.82) is 0 Å². The van der Waals surface area contributed by atoms with Crippen LogP contribution in [0.15, 0.2) is 28.3 Å². The quantitative estimate of drug-likeness (QED) is 0.776. The Hall–Kier alpha value is -1.12. The Morgan fingerprint density at radius 3 is 2.46 bits per heavy atom. The van der Waals surface area contributed by atoms with Crippen molar-refractivity contribution >= 4 is 27.7 Å². The van der Waals surface area contributed by atoms with Gasteiger partial charge in [0, 0.05) is 25.3 Å². The molecule has 1 aromatic rings. The highest BCUT2D eigenvalue weighted by atomic mass is 32.2. The third-order valence-electron chi connectivity index (χ3n) is 3.71. The molecule has 2 rings (SSSR count). The molecule has 0 radical (unpaired) electrons. The standard InChI is InChI=1S/C16H25N3O3S2/c1-13(2)18-15(20)12-23-16-8-7-14(11-17-16)24(21,22)19-9-5-3-4-6-10-19/h7-8,11,13H,3-6,9-10,12H2,1-2H3,(H,18,20). The van der Waals surface area contributed by atoms with E-state index >= 15 is 0 Å². The van der Waals surface area contributed by atoms with Crippen LogP contribution in [0.1, 0.15) is 39.5 Å². The van der Waals surface area contributed by atoms with E-state index in [1.807, 2.05) is 13.8 Å². The van der Waals surface area contributed by atoms with Crippen LogP contribution < -0.4 is 5.32 Å². The summed E-state index contributed by atoms with van der Waals surface area (Å²) in [6.45, 7) is 4.97. The maximum atomic E-state index is 12.7. The maximum absolute atomic E-state index is 12.7. The van der Waals surface area contributed by atoms with Crippen molar-refractivity contribution in [2.75, 3.05) is 18.8 Å². The van der Waals surface area contributed by atoms with Crippen molar-refractivity contribution in [3.8, 4) is 0 Å². The van der Waals surface area contributed by atoms with Crippen LogP contribution in [0.25, 0.3) is 0 Å². The number of thioether (sulfide) groups is 1. The molecule has 1 fully saturated rings. The van der Waals surface area contributed by atoms with Gasteiger partial charge in [0.15, 0.2) is 0 Å². The number of nitrogens with one attached hydrogen (secondary N) is 1. The Kier molecular flexibility index (Phi) is 7.06. The molecule has 0 atom stereocenters. The molecular formula is C16H25N3O3S2. The van der Waals surface area contributed by atoms with Crippen LogP contribution in [0.3, 0.4) is 0 Å². The Bertz CT molecular complexity index is 637. The molecule has 8 heteroatoms. The zero-order valence-corrected chi connectivity index (χ0v) is 15.8. The summed E-state index contributed by atoms with van der Waals surface area (Å²) in [4.78, 5) is 16.0. The van der Waals surface area contributed by atoms with Crippen molar-refractivity contribution < 1.29 is 13.2 Å². The zero-order valence-electron chi connectivity index (χ0n) is 14.2. The Balaban J connectivity index is 1.99. The molecule has 1 saturated heterocycles. The van der Waals surface area contributed by atoms with E-state index in [4.69, 9.17) is 0 Å². The van der Waals surface area contributed by atoms with Gasteiger partial charge in [0.1, 0.15) is 4.90 Å². The van der Waals surface area contributed by atoms with Crippen LogP contribution in [0.5, 0.6) is 0 Å². The molecule has 2 heterocycles. The van der Waals surface area contributed by atoms with E-state index in [1.54, 1.807) is 16.4 Å². The third-order valence-corrected chi connectivity index (χ3v) is 6.54. The SMILES string of the molecule is CC(C)NC(=O)CSc1ccc(S(=O)(=O)N2CCCCCC2)cn1. The van der Waals surface area contributed by atoms with Gasteiger partial charge < -0.3 is 5.32 Å². The number of carbonyl (C=O) groups excluding carboxylic acids is 1. The molecule has 0 unspecified atom stereocenters. The van der Waals surface area contributed by atoms with Crippen molar-refractivity contribution in [3.05, 3.63) is 18.3 Å². The molecule has 0 aliphatic carbocycles. The predicted molar refractivity (Wildman–Crippen MR) is 95.5 cm³/mol. The monoisotopic (exact) mass is 371 g/mol. The molecule has 0 spiro atoms. The summed E-state index contributed by atoms with van der Waals surface area (Å²) < 4.78 is 26.9. The summed E-state index contributed by atoms with van der Waals surface area (Å²) in [6, 6.07) is 3.35. The number of sulfonamides is 1. The highest BCUT2D eigenvalue weighted by Gasteiger charge is 2.25. The minimum atomic E-state index is -3.47. The summed E-state index contributed by atoms with van der Waals surface area (Å²) in [7, 11) is -3.47. The number of nitrogens with zero attached hydrogens (tertiary/aromatic N) is 2. The predicted octanol–water partition coefficient (Wildman–Crippen LogP) is 2.26. The van der Waals surface area contributed by atoms with E-state index < -0.39 is 10.0 Å². The topological polar surface area (TPSA) is 79.4 Å². The van der Waals surface area contributed by atoms with Gasteiger partial charge in [0.05, 0.1) is 10.8 Å². The number of rotatable bonds is 6. The molecule has 1 aromatic heterocycles. The Morgan fingerprint density at radius 1 is 1.25 bits per heavy atom. The van der Waals surface area contributed by atoms with Crippen LogP contribution in [0, 0.1) is 0 Å². The number of hydrogen-bond acceptors (Lipinski definition) is 5. The van der Waals surface area contributed by atoms with Gasteiger partial charge in [-0.15, -0.1) is 0 Å². The van der Waals surface area contributed by atoms with E-state index in [0.717, 1.165) is 25.7 Å². The van der Waals surface area contributed by atoms with Gasteiger partial charge in [-0.2, -0.15) is 4.31 Å². The zero-order chi connectivity index (χ0) is 17.6. The number of aromatic nitrogens is 1. The highest BCUT2D eigenvalue weighted by molar-refractivity contribution is 7.99. The summed E-state index contributed by atoms with van der Waals surface area (Å²) in [6.07, 6.45) is 5.37. The van der Waals surface area contributed by atoms with E-state index in [0.29, 0.717) is 18.1 Å². The average molecular weight is 372 g/mol. The first-order chi connectivity index (χ1) is 11.4. The lowest BCUT2D eigenvalue weighted by Gasteiger charge is -2.19. The van der Waals surface area contributed by atoms with E-state index in [9.17, 15) is 13.2 Å². The molecule has 1 N–H and O–H groups in total. The molecule has 1 aliphatic rings. The van der Waals surface area contributed by atoms with E-state index in [2.05, 4.69) is 10.3 Å². The second-order valence-electron chi connectivity index (χ2n) is 6.16. The van der Waals surface area contributed by atoms with Gasteiger partial charge in [0.25, 0.3) is 0 Å². The smallest absolute Gasteiger partial charge is 0.244 e. The van der Waals surface area contributed by atoms with Gasteiger partial charge in [-0.05, 0) is 38.8 Å². The Morgan fingerprint density at radius 2 is 1.92 bits per heavy atom. The molecule has 1 amide bonds. The van der Waals surface area contributed by atoms with Crippen LogP contribution >= 0.6 is 11.8 Å². The largest absolute Gasteiger partial charge is 0.353 e. The van der Waals surface area contributed by atoms with Gasteiger partial charge in [-0.3, -0.25) is 4.79 Å². The first-order valence-electron chi connectivity index (χ1n) is 8.28. The lowest BCUT2D eigenvalue weighted by Crippen LogP contribution is -2.32. The highest BCUT2D eigenvalue weighted by Crippen LogP contribution is 2.22. The molecule has 6 nitrogen and oxygen atoms in total. The van der Waals surface area contributed by atoms with Crippen molar-refractivity contribution in [2.24, 2.45) is 0 Å². The second kappa shape index (κ2) is 8.82. The number of hydrogen-bond donors (Lipinski definition) is 1. The molecule has 134 valence electrons. The fourth-order valence-electron chi connectivity index (χ4n) is 2.54. The first-order valence-corrected chi connectivity index (χ1v) is 10.7. The van der Waals surface area contributed by atoms with Crippen LogP contribution in [0.2, 0.25) is 0 Å². The molecule has 0 aromatic carbocycles. The second-order valence-corrected chi connectivity index (χ2v) is 9.09. The average Bonchev–Trinajstić information content (AvgIpc) is 2.82. The molecule has 0 bridgehead atoms. The molecule has 1 aliphatic heterocycles. The Labute approximate surface area is 148 Å². The van der Waals surface area contributed by atoms with Crippen LogP contribution in [-0.4, -0.2) is 48.5 Å². The van der Waals surface area contributed by atoms with Crippen molar-refractivity contribution in [1.82, 2.24) is 14.6 Å². The summed E-state index contributed by atoms with van der Waals surface area (Å²) in [5, 5.41) is 3.45. The minimum absolute atomic E-state index is 0.0573. The normalized spacial score (nSPS) is 16.8. The van der Waals surface area contributed by atoms with Crippen molar-refractivity contribution in [2.45, 2.75) is 55.5 Å². The fraction of sp³-hybridized carbons (Fsp3) is 0.625. The van der Waals surface area contributed by atoms with Gasteiger partial charge in [-0.1, -0.05) is 24.6 Å². The van der Waals surface area contributed by atoms with Crippen LogP contribution in [-0.2, 0) is 14.8 Å². The lowest BCUT2D eigenvalue weighted by molar-refractivity contribution is -0.119. The van der Waals surface area contributed by atoms with Gasteiger partial charge in [0.2, 0.25) is 15.9 Å².